The zero-order chi connectivity index (χ0) is 30.3. The third-order valence-corrected chi connectivity index (χ3v) is 9.42. The molecule has 0 saturated heterocycles. The highest BCUT2D eigenvalue weighted by molar-refractivity contribution is 5.69. The Morgan fingerprint density at radius 1 is 1.02 bits per heavy atom. The summed E-state index contributed by atoms with van der Waals surface area (Å²) in [6, 6.07) is 25.0. The molecule has 3 aromatic carbocycles. The molecule has 222 valence electrons. The van der Waals surface area contributed by atoms with Crippen molar-refractivity contribution in [1.29, 1.82) is 5.26 Å². The van der Waals surface area contributed by atoms with E-state index >= 15 is 0 Å². The molecule has 2 aliphatic rings. The average Bonchev–Trinajstić information content (AvgIpc) is 3.69. The molecule has 6 rings (SSSR count). The van der Waals surface area contributed by atoms with Crippen molar-refractivity contribution in [2.75, 3.05) is 11.9 Å². The monoisotopic (exact) mass is 576 g/mol. The Morgan fingerprint density at radius 2 is 1.70 bits per heavy atom. The second-order valence-electron chi connectivity index (χ2n) is 12.5. The molecule has 1 aromatic heterocycles. The van der Waals surface area contributed by atoms with Crippen LogP contribution in [0.25, 0.3) is 11.1 Å². The number of nitrogens with zero attached hydrogens (tertiary/aromatic N) is 3. The number of nitrogens with one attached hydrogen (secondary N) is 1. The van der Waals surface area contributed by atoms with E-state index < -0.39 is 12.5 Å². The number of fused-ring (bicyclic) bond motifs is 1. The van der Waals surface area contributed by atoms with Crippen LogP contribution >= 0.6 is 0 Å². The zero-order valence-corrected chi connectivity index (χ0v) is 25.3. The Morgan fingerprint density at radius 3 is 2.28 bits per heavy atom. The largest absolute Gasteiger partial charge is 0.378 e. The predicted octanol–water partition coefficient (Wildman–Crippen LogP) is 7.39. The molecule has 1 fully saturated rings. The molecule has 43 heavy (non-hydrogen) atoms. The summed E-state index contributed by atoms with van der Waals surface area (Å²) in [4.78, 5) is 1.77. The van der Waals surface area contributed by atoms with Gasteiger partial charge in [0.1, 0.15) is 18.2 Å². The second kappa shape index (κ2) is 11.6. The molecular formula is C36H40N4O3. The standard InChI is InChI=1S/C36H40N4O3/c1-22(15-18-40-34(41)29-7-5-6-8-30(29)35(40)42)19-32(38-28-13-11-27(12-14-28)36(21-37)16-17-36)31-20-26(10-9-23(31)2)33-24(3)39-43-25(33)4/h5-14,20,22,32,34-35,38,41-42H,15-19H2,1-4H3. The quantitative estimate of drug-likeness (QED) is 0.181. The van der Waals surface area contributed by atoms with Crippen LogP contribution in [0, 0.1) is 38.0 Å². The number of benzene rings is 3. The maximum Gasteiger partial charge on any atom is 0.141 e. The maximum atomic E-state index is 10.9. The molecule has 0 radical (unpaired) electrons. The summed E-state index contributed by atoms with van der Waals surface area (Å²) in [7, 11) is 0. The van der Waals surface area contributed by atoms with Gasteiger partial charge in [0, 0.05) is 28.9 Å². The molecule has 4 aromatic rings. The number of aromatic nitrogens is 1. The normalized spacial score (nSPS) is 20.3. The molecule has 1 aliphatic carbocycles. The van der Waals surface area contributed by atoms with Gasteiger partial charge in [0.25, 0.3) is 0 Å². The Labute approximate surface area is 253 Å². The molecule has 0 amide bonds. The number of aryl methyl sites for hydroxylation is 3. The van der Waals surface area contributed by atoms with Crippen molar-refractivity contribution >= 4 is 5.69 Å². The summed E-state index contributed by atoms with van der Waals surface area (Å²) in [6.45, 7) is 8.87. The fourth-order valence-electron chi connectivity index (χ4n) is 6.61. The molecule has 4 atom stereocenters. The summed E-state index contributed by atoms with van der Waals surface area (Å²) in [5.74, 6) is 1.09. The van der Waals surface area contributed by atoms with Crippen molar-refractivity contribution in [3.05, 3.63) is 106 Å². The van der Waals surface area contributed by atoms with E-state index in [1.165, 1.54) is 11.1 Å². The smallest absolute Gasteiger partial charge is 0.141 e. The van der Waals surface area contributed by atoms with E-state index in [9.17, 15) is 15.5 Å². The lowest BCUT2D eigenvalue weighted by molar-refractivity contribution is -0.0862. The molecular weight excluding hydrogens is 536 g/mol. The summed E-state index contributed by atoms with van der Waals surface area (Å²) in [5.41, 5.74) is 8.73. The summed E-state index contributed by atoms with van der Waals surface area (Å²) < 4.78 is 5.48. The highest BCUT2D eigenvalue weighted by atomic mass is 16.5. The molecule has 7 nitrogen and oxygen atoms in total. The molecule has 4 unspecified atom stereocenters. The first-order valence-electron chi connectivity index (χ1n) is 15.2. The lowest BCUT2D eigenvalue weighted by Gasteiger charge is -2.29. The van der Waals surface area contributed by atoms with Crippen LogP contribution in [-0.4, -0.2) is 26.8 Å². The van der Waals surface area contributed by atoms with Gasteiger partial charge in [0.05, 0.1) is 23.2 Å². The van der Waals surface area contributed by atoms with Crippen molar-refractivity contribution in [2.24, 2.45) is 5.92 Å². The Balaban J connectivity index is 1.24. The number of rotatable bonds is 10. The minimum atomic E-state index is -0.803. The van der Waals surface area contributed by atoms with Gasteiger partial charge < -0.3 is 20.1 Å². The molecule has 2 heterocycles. The molecule has 0 bridgehead atoms. The van der Waals surface area contributed by atoms with Gasteiger partial charge >= 0.3 is 0 Å². The van der Waals surface area contributed by atoms with E-state index in [0.717, 1.165) is 70.6 Å². The molecule has 7 heteroatoms. The number of hydrogen-bond donors (Lipinski definition) is 3. The van der Waals surface area contributed by atoms with Crippen LogP contribution in [0.15, 0.2) is 71.3 Å². The molecule has 1 saturated carbocycles. The highest BCUT2D eigenvalue weighted by Crippen LogP contribution is 2.48. The Kier molecular flexibility index (Phi) is 7.87. The number of aliphatic hydroxyl groups excluding tert-OH is 2. The van der Waals surface area contributed by atoms with Gasteiger partial charge in [-0.3, -0.25) is 0 Å². The number of aliphatic hydroxyl groups is 2. The van der Waals surface area contributed by atoms with Crippen molar-refractivity contribution in [1.82, 2.24) is 10.1 Å². The van der Waals surface area contributed by atoms with Gasteiger partial charge in [0.2, 0.25) is 0 Å². The summed E-state index contributed by atoms with van der Waals surface area (Å²) in [5, 5.41) is 39.4. The minimum absolute atomic E-state index is 0.0118. The van der Waals surface area contributed by atoms with Gasteiger partial charge in [-0.05, 0) is 92.8 Å². The average molecular weight is 577 g/mol. The first-order chi connectivity index (χ1) is 20.7. The van der Waals surface area contributed by atoms with Crippen LogP contribution in [0.3, 0.4) is 0 Å². The number of hydrogen-bond acceptors (Lipinski definition) is 7. The molecule has 1 aliphatic heterocycles. The maximum absolute atomic E-state index is 10.9. The zero-order valence-electron chi connectivity index (χ0n) is 25.3. The van der Waals surface area contributed by atoms with E-state index in [1.807, 2.05) is 38.1 Å². The van der Waals surface area contributed by atoms with Crippen LogP contribution in [0.5, 0.6) is 0 Å². The number of nitriles is 1. The Hall–Kier alpha value is -3.96. The van der Waals surface area contributed by atoms with Gasteiger partial charge in [-0.1, -0.05) is 60.6 Å². The third kappa shape index (κ3) is 5.59. The van der Waals surface area contributed by atoms with E-state index in [0.29, 0.717) is 6.54 Å². The minimum Gasteiger partial charge on any atom is -0.378 e. The van der Waals surface area contributed by atoms with E-state index in [-0.39, 0.29) is 17.4 Å². The Bertz CT molecular complexity index is 1600. The van der Waals surface area contributed by atoms with Crippen LogP contribution < -0.4 is 5.32 Å². The van der Waals surface area contributed by atoms with Crippen LogP contribution in [0.4, 0.5) is 5.69 Å². The SMILES string of the molecule is Cc1ccc(-c2c(C)noc2C)cc1C(CC(C)CCN1C(O)c2ccccc2C1O)Nc1ccc(C2(C#N)CC2)cc1. The van der Waals surface area contributed by atoms with Crippen molar-refractivity contribution in [3.8, 4) is 17.2 Å². The lowest BCUT2D eigenvalue weighted by atomic mass is 9.88. The van der Waals surface area contributed by atoms with E-state index in [2.05, 4.69) is 72.9 Å². The van der Waals surface area contributed by atoms with E-state index in [4.69, 9.17) is 4.52 Å². The van der Waals surface area contributed by atoms with Crippen LogP contribution in [0.2, 0.25) is 0 Å². The van der Waals surface area contributed by atoms with Crippen LogP contribution in [0.1, 0.15) is 90.4 Å². The molecule has 3 N–H and O–H groups in total. The molecule has 0 spiro atoms. The lowest BCUT2D eigenvalue weighted by Crippen LogP contribution is -2.28. The van der Waals surface area contributed by atoms with Gasteiger partial charge in [0.15, 0.2) is 0 Å². The first-order valence-corrected chi connectivity index (χ1v) is 15.2. The third-order valence-electron chi connectivity index (χ3n) is 9.42. The van der Waals surface area contributed by atoms with Gasteiger partial charge in [-0.15, -0.1) is 0 Å². The topological polar surface area (TPSA) is 106 Å². The summed E-state index contributed by atoms with van der Waals surface area (Å²) >= 11 is 0. The second-order valence-corrected chi connectivity index (χ2v) is 12.5. The van der Waals surface area contributed by atoms with Crippen molar-refractivity contribution in [3.63, 3.8) is 0 Å². The highest BCUT2D eigenvalue weighted by Gasteiger charge is 2.44. The van der Waals surface area contributed by atoms with Gasteiger partial charge in [-0.25, -0.2) is 4.90 Å². The number of anilines is 1. The van der Waals surface area contributed by atoms with Crippen molar-refractivity contribution in [2.45, 2.75) is 77.3 Å². The fourth-order valence-corrected chi connectivity index (χ4v) is 6.61. The van der Waals surface area contributed by atoms with Crippen molar-refractivity contribution < 1.29 is 14.7 Å². The predicted molar refractivity (Wildman–Crippen MR) is 167 cm³/mol. The van der Waals surface area contributed by atoms with Gasteiger partial charge in [-0.2, -0.15) is 5.26 Å². The first kappa shape index (κ1) is 29.1. The fraction of sp³-hybridized carbons (Fsp3) is 0.389. The van der Waals surface area contributed by atoms with E-state index in [1.54, 1.807) is 4.90 Å². The summed E-state index contributed by atoms with van der Waals surface area (Å²) in [6.07, 6.45) is 1.91. The van der Waals surface area contributed by atoms with Crippen LogP contribution in [-0.2, 0) is 5.41 Å².